The van der Waals surface area contributed by atoms with Crippen LogP contribution in [0.3, 0.4) is 0 Å². The Morgan fingerprint density at radius 3 is 1.10 bits per heavy atom. The molecule has 2 saturated carbocycles. The summed E-state index contributed by atoms with van der Waals surface area (Å²) in [6, 6.07) is 54.5. The second-order valence-corrected chi connectivity index (χ2v) is 34.7. The molecule has 10 nitrogen and oxygen atoms in total. The molecule has 0 bridgehead atoms. The third-order valence-electron chi connectivity index (χ3n) is 23.9. The van der Waals surface area contributed by atoms with Gasteiger partial charge in [0.1, 0.15) is 57.6 Å². The van der Waals surface area contributed by atoms with Crippen molar-refractivity contribution < 1.29 is 44.8 Å². The lowest BCUT2D eigenvalue weighted by Crippen LogP contribution is -2.32. The van der Waals surface area contributed by atoms with E-state index in [0.29, 0.717) is 23.0 Å². The van der Waals surface area contributed by atoms with E-state index in [1.165, 1.54) is 103 Å². The van der Waals surface area contributed by atoms with Crippen LogP contribution in [0.15, 0.2) is 201 Å². The molecule has 2 fully saturated rings. The molecule has 5 aromatic heterocycles. The topological polar surface area (TPSA) is 83.8 Å². The molecule has 15 aromatic rings. The minimum atomic E-state index is -0.204. The van der Waals surface area contributed by atoms with Gasteiger partial charge in [-0.3, -0.25) is 0 Å². The minimum absolute atomic E-state index is 0.112. The van der Waals surface area contributed by atoms with Gasteiger partial charge in [-0.05, 0) is 335 Å². The number of fused-ring (bicyclic) bond motifs is 5. The van der Waals surface area contributed by atoms with Crippen molar-refractivity contribution in [2.24, 2.45) is 46.6 Å². The fourth-order valence-electron chi connectivity index (χ4n) is 17.6. The van der Waals surface area contributed by atoms with E-state index in [0.717, 1.165) is 170 Å². The molecule has 5 heterocycles. The Bertz CT molecular complexity index is 6290. The van der Waals surface area contributed by atoms with E-state index in [4.69, 9.17) is 0 Å². The first-order valence-corrected chi connectivity index (χ1v) is 42.1. The van der Waals surface area contributed by atoms with Gasteiger partial charge in [-0.25, -0.2) is 44.8 Å². The number of aryl methyl sites for hydroxylation is 11. The highest BCUT2D eigenvalue weighted by Gasteiger charge is 2.27. The Morgan fingerprint density at radius 2 is 0.706 bits per heavy atom. The quantitative estimate of drug-likeness (QED) is 0.0899. The molecular formula is C104H114F5N10+5. The lowest BCUT2D eigenvalue weighted by molar-refractivity contribution is -0.662. The summed E-state index contributed by atoms with van der Waals surface area (Å²) in [4.78, 5) is 23.0. The highest BCUT2D eigenvalue weighted by Crippen LogP contribution is 2.39. The predicted octanol–water partition coefficient (Wildman–Crippen LogP) is 23.5. The van der Waals surface area contributed by atoms with Crippen molar-refractivity contribution in [3.63, 3.8) is 0 Å². The van der Waals surface area contributed by atoms with Crippen LogP contribution in [0.5, 0.6) is 0 Å². The van der Waals surface area contributed by atoms with Gasteiger partial charge in [0.25, 0.3) is 31.6 Å². The van der Waals surface area contributed by atoms with E-state index in [-0.39, 0.29) is 34.5 Å². The van der Waals surface area contributed by atoms with Crippen LogP contribution in [0.4, 0.5) is 22.0 Å². The summed E-state index contributed by atoms with van der Waals surface area (Å²) < 4.78 is 78.2. The molecule has 10 aromatic carbocycles. The molecule has 610 valence electrons. The second-order valence-electron chi connectivity index (χ2n) is 34.7. The summed E-state index contributed by atoms with van der Waals surface area (Å²) in [6.45, 7) is 26.7. The lowest BCUT2D eigenvalue weighted by atomic mass is 9.87. The van der Waals surface area contributed by atoms with Crippen LogP contribution in [0.2, 0.25) is 0 Å². The molecule has 15 heteroatoms. The van der Waals surface area contributed by atoms with Crippen LogP contribution >= 0.6 is 0 Å². The molecule has 0 spiro atoms. The van der Waals surface area contributed by atoms with Gasteiger partial charge in [-0.15, -0.1) is 0 Å². The number of nitrogens with zero attached hydrogens (tertiary/aromatic N) is 10. The standard InChI is InChI=1S/C22H24FN2.C21H22FN2.2C21H24FN2.C19H20FN2/c1-15-11-18(23)8-10-19(15)22-20-9-7-17(12-16-5-3-4-6-16)13-21(20)24-14-25(22)2;1-14-11-17(22)8-10-18(14)21-19-9-7-16(15-5-3-4-6-15)12-20(19)23-13-24(21)2;1-12(2)16-7-8-17-19(10-16)23-11-24(6)21(17)18-9-13(3)20(22)15(5)14(18)4;1-14-10-16(22)7-9-17(14)20-18-8-6-15(12-21(2,3)4)11-19(18)23-13-24(20)5;1-4-5-14-6-8-17-18(11-14)21-12-22(3)19(17)16-9-7-15(20)10-13(16)2/h7-11,13-14,16H,3-6,12H2,1-2H3;7-13,15H,3-6H2,1-2H3;7-12H,1-6H3;6-11,13H,12H2,1-5H3;6-12H,4-5H2,1-3H3/q5*+1. The first kappa shape index (κ1) is 85.4. The fourth-order valence-corrected chi connectivity index (χ4v) is 17.6. The van der Waals surface area contributed by atoms with Crippen molar-refractivity contribution in [3.05, 3.63) is 297 Å². The smallest absolute Gasteiger partial charge is 0.232 e. The maximum Gasteiger partial charge on any atom is 0.287 e. The Morgan fingerprint density at radius 1 is 0.361 bits per heavy atom. The zero-order chi connectivity index (χ0) is 84.8. The predicted molar refractivity (Wildman–Crippen MR) is 473 cm³/mol. The number of hydrogen-bond donors (Lipinski definition) is 0. The zero-order valence-electron chi connectivity index (χ0n) is 72.6. The van der Waals surface area contributed by atoms with Crippen molar-refractivity contribution in [1.29, 1.82) is 0 Å². The number of aromatic nitrogens is 10. The van der Waals surface area contributed by atoms with Gasteiger partial charge in [-0.2, -0.15) is 0 Å². The summed E-state index contributed by atoms with van der Waals surface area (Å²) >= 11 is 0. The van der Waals surface area contributed by atoms with Crippen LogP contribution in [0, 0.1) is 88.9 Å². The normalized spacial score (nSPS) is 13.0. The van der Waals surface area contributed by atoms with Crippen molar-refractivity contribution in [2.75, 3.05) is 0 Å². The summed E-state index contributed by atoms with van der Waals surface area (Å²) in [7, 11) is 9.94. The third kappa shape index (κ3) is 19.5. The first-order chi connectivity index (χ1) is 56.9. The van der Waals surface area contributed by atoms with Gasteiger partial charge in [-0.1, -0.05) is 117 Å². The van der Waals surface area contributed by atoms with Crippen molar-refractivity contribution in [2.45, 2.75) is 179 Å². The fraction of sp³-hybridized carbons (Fsp3) is 0.327. The molecule has 0 aliphatic heterocycles. The Hall–Kier alpha value is -11.5. The minimum Gasteiger partial charge on any atom is -0.232 e. The van der Waals surface area contributed by atoms with Crippen LogP contribution in [-0.2, 0) is 54.5 Å². The Labute approximate surface area is 699 Å². The molecule has 0 N–H and O–H groups in total. The molecular weight excluding hydrogens is 1480 g/mol. The van der Waals surface area contributed by atoms with E-state index in [9.17, 15) is 22.0 Å². The van der Waals surface area contributed by atoms with Crippen LogP contribution in [0.25, 0.3) is 111 Å². The molecule has 0 saturated heterocycles. The van der Waals surface area contributed by atoms with Gasteiger partial charge < -0.3 is 0 Å². The van der Waals surface area contributed by atoms with E-state index >= 15 is 0 Å². The second kappa shape index (κ2) is 36.8. The van der Waals surface area contributed by atoms with Crippen LogP contribution in [0.1, 0.15) is 178 Å². The van der Waals surface area contributed by atoms with Crippen molar-refractivity contribution >= 4 is 54.5 Å². The monoisotopic (exact) mass is 1600 g/mol. The summed E-state index contributed by atoms with van der Waals surface area (Å²) in [5, 5.41) is 5.52. The number of hydrogen-bond acceptors (Lipinski definition) is 5. The van der Waals surface area contributed by atoms with Crippen molar-refractivity contribution in [1.82, 2.24) is 24.9 Å². The van der Waals surface area contributed by atoms with Gasteiger partial charge in [0.05, 0.1) is 62.2 Å². The molecule has 119 heavy (non-hydrogen) atoms. The van der Waals surface area contributed by atoms with Crippen molar-refractivity contribution in [3.8, 4) is 56.3 Å². The van der Waals surface area contributed by atoms with Gasteiger partial charge >= 0.3 is 0 Å². The van der Waals surface area contributed by atoms with Gasteiger partial charge in [0, 0.05) is 27.8 Å². The maximum absolute atomic E-state index is 14.2. The SMILES string of the molecule is CCCc1ccc2c(-c3ccc(F)cc3C)[n+](C)cnc2c1.Cc1cc(-c2c3ccc(C(C)C)cc3nc[n+]2C)c(C)c(C)c1F.Cc1cc(F)ccc1-c1c2ccc(C3CCCC3)cc2nc[n+]1C.Cc1cc(F)ccc1-c1c2ccc(CC(C)(C)C)cc2nc[n+]1C.Cc1cc(F)ccc1-c1c2ccc(CC3CCCC3)cc2nc[n+]1C. The average molecular weight is 1600 g/mol. The molecule has 0 unspecified atom stereocenters. The van der Waals surface area contributed by atoms with E-state index < -0.39 is 0 Å². The van der Waals surface area contributed by atoms with E-state index in [1.54, 1.807) is 24.3 Å². The molecule has 2 aliphatic carbocycles. The number of rotatable bonds is 12. The van der Waals surface area contributed by atoms with E-state index in [2.05, 4.69) is 157 Å². The van der Waals surface area contributed by atoms with Gasteiger partial charge in [0.2, 0.25) is 0 Å². The highest BCUT2D eigenvalue weighted by molar-refractivity contribution is 5.96. The summed E-state index contributed by atoms with van der Waals surface area (Å²) in [5.41, 5.74) is 28.7. The molecule has 17 rings (SSSR count). The molecule has 0 radical (unpaired) electrons. The largest absolute Gasteiger partial charge is 0.287 e. The Kier molecular flexibility index (Phi) is 26.4. The van der Waals surface area contributed by atoms with Gasteiger partial charge in [0.15, 0.2) is 27.6 Å². The molecule has 2 aliphatic rings. The average Bonchev–Trinajstić information content (AvgIpc) is 1.81. The zero-order valence-corrected chi connectivity index (χ0v) is 72.6. The number of halogens is 5. The molecule has 0 amide bonds. The van der Waals surface area contributed by atoms with Crippen LogP contribution < -0.4 is 22.8 Å². The first-order valence-electron chi connectivity index (χ1n) is 42.1. The molecule has 0 atom stereocenters. The summed E-state index contributed by atoms with van der Waals surface area (Å²) in [5.74, 6) is 1.07. The van der Waals surface area contributed by atoms with Crippen LogP contribution in [-0.4, -0.2) is 24.9 Å². The lowest BCUT2D eigenvalue weighted by Gasteiger charge is -2.18. The highest BCUT2D eigenvalue weighted by atomic mass is 19.1. The maximum atomic E-state index is 14.2. The Balaban J connectivity index is 0.000000129. The number of benzene rings is 10. The third-order valence-corrected chi connectivity index (χ3v) is 23.9. The summed E-state index contributed by atoms with van der Waals surface area (Å²) in [6.07, 6.45) is 24.3. The van der Waals surface area contributed by atoms with E-state index in [1.807, 2.05) is 169 Å².